The zero-order chi connectivity index (χ0) is 18.8. The summed E-state index contributed by atoms with van der Waals surface area (Å²) in [5, 5.41) is 7.85. The number of carbonyl (C=O) groups is 1. The number of rotatable bonds is 6. The van der Waals surface area contributed by atoms with Crippen molar-refractivity contribution in [2.45, 2.75) is 38.6 Å². The van der Waals surface area contributed by atoms with Crippen LogP contribution in [0.2, 0.25) is 0 Å². The van der Waals surface area contributed by atoms with Gasteiger partial charge in [-0.2, -0.15) is 5.10 Å². The Bertz CT molecular complexity index is 773. The van der Waals surface area contributed by atoms with Gasteiger partial charge in [-0.05, 0) is 38.8 Å². The SMILES string of the molecule is CC(C)N1CCN(CC(=O)Nc2cc(C3CC3)nn2-c2ccccc2)CC1. The molecule has 6 nitrogen and oxygen atoms in total. The molecule has 1 amide bonds. The van der Waals surface area contributed by atoms with Crippen LogP contribution in [0.25, 0.3) is 5.69 Å². The zero-order valence-electron chi connectivity index (χ0n) is 16.3. The number of aromatic nitrogens is 2. The van der Waals surface area contributed by atoms with E-state index in [9.17, 15) is 4.79 Å². The molecule has 0 radical (unpaired) electrons. The van der Waals surface area contributed by atoms with E-state index in [-0.39, 0.29) is 5.91 Å². The first-order valence-corrected chi connectivity index (χ1v) is 10.0. The van der Waals surface area contributed by atoms with Gasteiger partial charge in [0.2, 0.25) is 5.91 Å². The zero-order valence-corrected chi connectivity index (χ0v) is 16.3. The van der Waals surface area contributed by atoms with Crippen LogP contribution in [0.3, 0.4) is 0 Å². The second-order valence-corrected chi connectivity index (χ2v) is 7.93. The largest absolute Gasteiger partial charge is 0.309 e. The molecule has 2 aromatic rings. The van der Waals surface area contributed by atoms with Gasteiger partial charge < -0.3 is 5.32 Å². The van der Waals surface area contributed by atoms with Crippen molar-refractivity contribution in [1.29, 1.82) is 0 Å². The Morgan fingerprint density at radius 1 is 1.15 bits per heavy atom. The quantitative estimate of drug-likeness (QED) is 0.853. The fourth-order valence-corrected chi connectivity index (χ4v) is 3.66. The number of benzene rings is 1. The summed E-state index contributed by atoms with van der Waals surface area (Å²) in [5.41, 5.74) is 2.06. The summed E-state index contributed by atoms with van der Waals surface area (Å²) in [4.78, 5) is 17.4. The number of piperazine rings is 1. The molecule has 6 heteroatoms. The minimum atomic E-state index is 0.0347. The molecule has 0 spiro atoms. The number of hydrogen-bond donors (Lipinski definition) is 1. The fourth-order valence-electron chi connectivity index (χ4n) is 3.66. The normalized spacial score (nSPS) is 18.8. The summed E-state index contributed by atoms with van der Waals surface area (Å²) in [6.45, 7) is 8.82. The van der Waals surface area contributed by atoms with Gasteiger partial charge in [-0.3, -0.25) is 14.6 Å². The van der Waals surface area contributed by atoms with Crippen LogP contribution in [0, 0.1) is 0 Å². The highest BCUT2D eigenvalue weighted by molar-refractivity contribution is 5.91. The Labute approximate surface area is 161 Å². The van der Waals surface area contributed by atoms with Crippen LogP contribution in [0.15, 0.2) is 36.4 Å². The second kappa shape index (κ2) is 7.82. The molecule has 1 aliphatic carbocycles. The summed E-state index contributed by atoms with van der Waals surface area (Å²) in [7, 11) is 0. The molecule has 0 atom stereocenters. The smallest absolute Gasteiger partial charge is 0.239 e. The van der Waals surface area contributed by atoms with Crippen LogP contribution in [0.5, 0.6) is 0 Å². The topological polar surface area (TPSA) is 53.4 Å². The molecular weight excluding hydrogens is 338 g/mol. The molecule has 4 rings (SSSR count). The average molecular weight is 367 g/mol. The highest BCUT2D eigenvalue weighted by atomic mass is 16.2. The Balaban J connectivity index is 1.42. The average Bonchev–Trinajstić information content (AvgIpc) is 3.44. The molecule has 2 fully saturated rings. The Kier molecular flexibility index (Phi) is 5.27. The number of nitrogens with one attached hydrogen (secondary N) is 1. The molecule has 1 aromatic carbocycles. The number of anilines is 1. The summed E-state index contributed by atoms with van der Waals surface area (Å²) in [5.74, 6) is 1.36. The van der Waals surface area contributed by atoms with Crippen LogP contribution in [-0.2, 0) is 4.79 Å². The number of amides is 1. The molecule has 27 heavy (non-hydrogen) atoms. The van der Waals surface area contributed by atoms with E-state index in [1.165, 1.54) is 12.8 Å². The van der Waals surface area contributed by atoms with Gasteiger partial charge in [0, 0.05) is 44.2 Å². The molecule has 2 aliphatic rings. The molecule has 1 N–H and O–H groups in total. The van der Waals surface area contributed by atoms with E-state index in [1.54, 1.807) is 0 Å². The minimum Gasteiger partial charge on any atom is -0.309 e. The number of hydrogen-bond acceptors (Lipinski definition) is 4. The van der Waals surface area contributed by atoms with E-state index in [0.717, 1.165) is 43.4 Å². The first-order chi connectivity index (χ1) is 13.1. The van der Waals surface area contributed by atoms with Gasteiger partial charge in [0.05, 0.1) is 17.9 Å². The van der Waals surface area contributed by atoms with E-state index in [4.69, 9.17) is 5.10 Å². The summed E-state index contributed by atoms with van der Waals surface area (Å²) in [6.07, 6.45) is 2.39. The molecule has 1 saturated carbocycles. The van der Waals surface area contributed by atoms with Crippen LogP contribution < -0.4 is 5.32 Å². The van der Waals surface area contributed by atoms with Crippen molar-refractivity contribution in [2.75, 3.05) is 38.0 Å². The second-order valence-electron chi connectivity index (χ2n) is 7.93. The molecule has 1 saturated heterocycles. The van der Waals surface area contributed by atoms with Crippen molar-refractivity contribution in [1.82, 2.24) is 19.6 Å². The van der Waals surface area contributed by atoms with Crippen LogP contribution in [0.1, 0.15) is 38.3 Å². The summed E-state index contributed by atoms with van der Waals surface area (Å²) < 4.78 is 1.86. The van der Waals surface area contributed by atoms with Crippen LogP contribution in [0.4, 0.5) is 5.82 Å². The molecule has 1 aromatic heterocycles. The van der Waals surface area contributed by atoms with Gasteiger partial charge in [0.1, 0.15) is 5.82 Å². The minimum absolute atomic E-state index is 0.0347. The predicted molar refractivity (Wildman–Crippen MR) is 107 cm³/mol. The molecular formula is C21H29N5O. The molecule has 1 aliphatic heterocycles. The van der Waals surface area contributed by atoms with Gasteiger partial charge in [-0.1, -0.05) is 18.2 Å². The van der Waals surface area contributed by atoms with Crippen molar-refractivity contribution >= 4 is 11.7 Å². The third-order valence-electron chi connectivity index (χ3n) is 5.50. The summed E-state index contributed by atoms with van der Waals surface area (Å²) in [6, 6.07) is 12.6. The van der Waals surface area contributed by atoms with Gasteiger partial charge >= 0.3 is 0 Å². The lowest BCUT2D eigenvalue weighted by molar-refractivity contribution is -0.117. The Morgan fingerprint density at radius 2 is 1.85 bits per heavy atom. The van der Waals surface area contributed by atoms with E-state index in [1.807, 2.05) is 41.1 Å². The maximum Gasteiger partial charge on any atom is 0.239 e. The summed E-state index contributed by atoms with van der Waals surface area (Å²) >= 11 is 0. The van der Waals surface area contributed by atoms with Gasteiger partial charge in [-0.25, -0.2) is 4.68 Å². The highest BCUT2D eigenvalue weighted by Gasteiger charge is 2.28. The van der Waals surface area contributed by atoms with E-state index in [0.29, 0.717) is 18.5 Å². The number of para-hydroxylation sites is 1. The maximum atomic E-state index is 12.7. The Morgan fingerprint density at radius 3 is 2.48 bits per heavy atom. The van der Waals surface area contributed by atoms with Gasteiger partial charge in [0.25, 0.3) is 0 Å². The maximum absolute atomic E-state index is 12.7. The van der Waals surface area contributed by atoms with Crippen LogP contribution >= 0.6 is 0 Å². The number of carbonyl (C=O) groups excluding carboxylic acids is 1. The first kappa shape index (κ1) is 18.2. The van der Waals surface area contributed by atoms with Gasteiger partial charge in [-0.15, -0.1) is 0 Å². The Hall–Kier alpha value is -2.18. The lowest BCUT2D eigenvalue weighted by Crippen LogP contribution is -2.50. The lowest BCUT2D eigenvalue weighted by atomic mass is 10.2. The lowest BCUT2D eigenvalue weighted by Gasteiger charge is -2.36. The fraction of sp³-hybridized carbons (Fsp3) is 0.524. The highest BCUT2D eigenvalue weighted by Crippen LogP contribution is 2.40. The van der Waals surface area contributed by atoms with E-state index >= 15 is 0 Å². The molecule has 0 bridgehead atoms. The van der Waals surface area contributed by atoms with Crippen molar-refractivity contribution in [3.63, 3.8) is 0 Å². The van der Waals surface area contributed by atoms with Crippen molar-refractivity contribution < 1.29 is 4.79 Å². The molecule has 2 heterocycles. The third-order valence-corrected chi connectivity index (χ3v) is 5.50. The number of nitrogens with zero attached hydrogens (tertiary/aromatic N) is 4. The first-order valence-electron chi connectivity index (χ1n) is 10.0. The van der Waals surface area contributed by atoms with Crippen molar-refractivity contribution in [2.24, 2.45) is 0 Å². The van der Waals surface area contributed by atoms with Crippen LogP contribution in [-0.4, -0.2) is 64.3 Å². The van der Waals surface area contributed by atoms with E-state index in [2.05, 4.69) is 29.0 Å². The third kappa shape index (κ3) is 4.39. The standard InChI is InChI=1S/C21H29N5O/c1-16(2)25-12-10-24(11-13-25)15-21(27)22-20-14-19(17-8-9-17)23-26(20)18-6-4-3-5-7-18/h3-7,14,16-17H,8-13,15H2,1-2H3,(H,22,27). The van der Waals surface area contributed by atoms with Crippen molar-refractivity contribution in [3.8, 4) is 5.69 Å². The molecule has 144 valence electrons. The van der Waals surface area contributed by atoms with Gasteiger partial charge in [0.15, 0.2) is 0 Å². The predicted octanol–water partition coefficient (Wildman–Crippen LogP) is 2.71. The van der Waals surface area contributed by atoms with E-state index < -0.39 is 0 Å². The van der Waals surface area contributed by atoms with Crippen molar-refractivity contribution in [3.05, 3.63) is 42.1 Å². The molecule has 0 unspecified atom stereocenters. The monoisotopic (exact) mass is 367 g/mol.